The van der Waals surface area contributed by atoms with Crippen molar-refractivity contribution in [3.8, 4) is 0 Å². The van der Waals surface area contributed by atoms with Gasteiger partial charge in [0.05, 0.1) is 38.6 Å². The first-order valence-electron chi connectivity index (χ1n) is 8.33. The second kappa shape index (κ2) is 12.7. The molecule has 10 heteroatoms. The number of carbonyl (C=O) groups is 5. The van der Waals surface area contributed by atoms with Crippen molar-refractivity contribution in [2.24, 2.45) is 11.7 Å². The van der Waals surface area contributed by atoms with E-state index in [9.17, 15) is 24.0 Å². The Balaban J connectivity index is 5.10. The summed E-state index contributed by atoms with van der Waals surface area (Å²) < 4.78 is 14.3. The number of hydrogen-bond donors (Lipinski definition) is 2. The minimum Gasteiger partial charge on any atom is -0.466 e. The fourth-order valence-electron chi connectivity index (χ4n) is 2.05. The zero-order valence-electron chi connectivity index (χ0n) is 15.2. The highest BCUT2D eigenvalue weighted by Gasteiger charge is 2.37. The number of amides is 2. The Labute approximate surface area is 151 Å². The zero-order valence-corrected chi connectivity index (χ0v) is 15.2. The van der Waals surface area contributed by atoms with E-state index in [0.717, 1.165) is 0 Å². The van der Waals surface area contributed by atoms with Crippen LogP contribution in [-0.4, -0.2) is 55.6 Å². The molecule has 0 unspecified atom stereocenters. The Kier molecular flexibility index (Phi) is 11.4. The summed E-state index contributed by atoms with van der Waals surface area (Å²) >= 11 is 0. The van der Waals surface area contributed by atoms with Crippen LogP contribution in [0.5, 0.6) is 0 Å². The van der Waals surface area contributed by atoms with Crippen LogP contribution < -0.4 is 11.1 Å². The van der Waals surface area contributed by atoms with Crippen LogP contribution in [0.4, 0.5) is 0 Å². The molecule has 10 nitrogen and oxygen atoms in total. The highest BCUT2D eigenvalue weighted by atomic mass is 16.5. The molecule has 0 aliphatic heterocycles. The molecule has 2 atom stereocenters. The van der Waals surface area contributed by atoms with E-state index in [1.807, 2.05) is 0 Å². The van der Waals surface area contributed by atoms with E-state index in [2.05, 4.69) is 5.32 Å². The topological polar surface area (TPSA) is 151 Å². The fourth-order valence-corrected chi connectivity index (χ4v) is 2.05. The van der Waals surface area contributed by atoms with E-state index >= 15 is 0 Å². The summed E-state index contributed by atoms with van der Waals surface area (Å²) in [6.07, 6.45) is -0.955. The van der Waals surface area contributed by atoms with Crippen molar-refractivity contribution in [1.29, 1.82) is 0 Å². The molecule has 3 N–H and O–H groups in total. The molecule has 0 heterocycles. The third-order valence-electron chi connectivity index (χ3n) is 3.17. The molecule has 0 saturated heterocycles. The SMILES string of the molecule is CCOC(=O)CCC(=O)N[C@H](C(N)=O)[C@@H](CC(=O)OCC)C(=O)OCC. The lowest BCUT2D eigenvalue weighted by Crippen LogP contribution is -2.52. The van der Waals surface area contributed by atoms with Crippen molar-refractivity contribution >= 4 is 29.7 Å². The number of primary amides is 1. The molecule has 0 radical (unpaired) electrons. The number of ether oxygens (including phenoxy) is 3. The van der Waals surface area contributed by atoms with E-state index in [0.29, 0.717) is 0 Å². The highest BCUT2D eigenvalue weighted by Crippen LogP contribution is 2.14. The molecule has 148 valence electrons. The van der Waals surface area contributed by atoms with Gasteiger partial charge in [0.2, 0.25) is 11.8 Å². The van der Waals surface area contributed by atoms with Gasteiger partial charge in [-0.15, -0.1) is 0 Å². The largest absolute Gasteiger partial charge is 0.466 e. The Bertz CT molecular complexity index is 520. The van der Waals surface area contributed by atoms with Crippen molar-refractivity contribution in [2.75, 3.05) is 19.8 Å². The summed E-state index contributed by atoms with van der Waals surface area (Å²) in [5.74, 6) is -5.23. The van der Waals surface area contributed by atoms with Gasteiger partial charge < -0.3 is 25.3 Å². The predicted molar refractivity (Wildman–Crippen MR) is 88.4 cm³/mol. The van der Waals surface area contributed by atoms with E-state index in [4.69, 9.17) is 19.9 Å². The first-order chi connectivity index (χ1) is 12.3. The predicted octanol–water partition coefficient (Wildman–Crippen LogP) is -0.568. The summed E-state index contributed by atoms with van der Waals surface area (Å²) in [5.41, 5.74) is 5.27. The molecule has 26 heavy (non-hydrogen) atoms. The Morgan fingerprint density at radius 3 is 1.88 bits per heavy atom. The summed E-state index contributed by atoms with van der Waals surface area (Å²) in [6, 6.07) is -1.48. The zero-order chi connectivity index (χ0) is 20.1. The lowest BCUT2D eigenvalue weighted by atomic mass is 9.95. The third-order valence-corrected chi connectivity index (χ3v) is 3.17. The number of rotatable bonds is 12. The molecule has 0 aromatic rings. The smallest absolute Gasteiger partial charge is 0.312 e. The van der Waals surface area contributed by atoms with Crippen LogP contribution in [0.1, 0.15) is 40.0 Å². The van der Waals surface area contributed by atoms with Gasteiger partial charge in [0, 0.05) is 6.42 Å². The maximum absolute atomic E-state index is 12.1. The molecule has 0 spiro atoms. The summed E-state index contributed by atoms with van der Waals surface area (Å²) in [6.45, 7) is 5.04. The number of carbonyl (C=O) groups excluding carboxylic acids is 5. The second-order valence-corrected chi connectivity index (χ2v) is 5.12. The van der Waals surface area contributed by atoms with Gasteiger partial charge in [-0.3, -0.25) is 24.0 Å². The van der Waals surface area contributed by atoms with Crippen LogP contribution >= 0.6 is 0 Å². The molecule has 0 aromatic heterocycles. The van der Waals surface area contributed by atoms with E-state index in [1.165, 1.54) is 0 Å². The molecule has 0 bridgehead atoms. The van der Waals surface area contributed by atoms with Crippen LogP contribution in [0.15, 0.2) is 0 Å². The molecule has 0 rings (SSSR count). The molecule has 0 aliphatic rings. The lowest BCUT2D eigenvalue weighted by Gasteiger charge is -2.23. The van der Waals surface area contributed by atoms with Gasteiger partial charge in [0.15, 0.2) is 0 Å². The van der Waals surface area contributed by atoms with Crippen LogP contribution in [0.3, 0.4) is 0 Å². The summed E-state index contributed by atoms with van der Waals surface area (Å²) in [5, 5.41) is 2.27. The summed E-state index contributed by atoms with van der Waals surface area (Å²) in [7, 11) is 0. The van der Waals surface area contributed by atoms with Crippen LogP contribution in [0, 0.1) is 5.92 Å². The number of nitrogens with one attached hydrogen (secondary N) is 1. The van der Waals surface area contributed by atoms with Crippen molar-refractivity contribution in [3.05, 3.63) is 0 Å². The average Bonchev–Trinajstić information content (AvgIpc) is 2.56. The van der Waals surface area contributed by atoms with Crippen molar-refractivity contribution < 1.29 is 38.2 Å². The van der Waals surface area contributed by atoms with Gasteiger partial charge in [-0.1, -0.05) is 0 Å². The monoisotopic (exact) mass is 374 g/mol. The van der Waals surface area contributed by atoms with Crippen molar-refractivity contribution in [1.82, 2.24) is 5.32 Å². The van der Waals surface area contributed by atoms with Crippen LogP contribution in [0.25, 0.3) is 0 Å². The number of nitrogens with two attached hydrogens (primary N) is 1. The second-order valence-electron chi connectivity index (χ2n) is 5.12. The normalized spacial score (nSPS) is 12.4. The lowest BCUT2D eigenvalue weighted by molar-refractivity contribution is -0.157. The standard InChI is InChI=1S/C16H26N2O8/c1-4-24-12(20)8-7-11(19)18-14(15(17)22)10(16(23)26-6-3)9-13(21)25-5-2/h10,14H,4-9H2,1-3H3,(H2,17,22)(H,18,19)/t10-,14+/m1/s1. The third kappa shape index (κ3) is 9.00. The van der Waals surface area contributed by atoms with Crippen LogP contribution in [-0.2, 0) is 38.2 Å². The molecule has 2 amide bonds. The van der Waals surface area contributed by atoms with Gasteiger partial charge in [-0.05, 0) is 20.8 Å². The Morgan fingerprint density at radius 2 is 1.38 bits per heavy atom. The van der Waals surface area contributed by atoms with E-state index in [1.54, 1.807) is 20.8 Å². The minimum atomic E-state index is -1.48. The van der Waals surface area contributed by atoms with E-state index in [-0.39, 0.29) is 32.7 Å². The minimum absolute atomic E-state index is 0.0143. The maximum Gasteiger partial charge on any atom is 0.312 e. The number of esters is 3. The van der Waals surface area contributed by atoms with Gasteiger partial charge in [0.1, 0.15) is 6.04 Å². The average molecular weight is 374 g/mol. The molecule has 0 aliphatic carbocycles. The first kappa shape index (κ1) is 23.4. The Morgan fingerprint density at radius 1 is 0.846 bits per heavy atom. The van der Waals surface area contributed by atoms with Gasteiger partial charge in [0.25, 0.3) is 0 Å². The van der Waals surface area contributed by atoms with Crippen LogP contribution in [0.2, 0.25) is 0 Å². The number of hydrogen-bond acceptors (Lipinski definition) is 8. The van der Waals surface area contributed by atoms with Crippen molar-refractivity contribution in [2.45, 2.75) is 46.1 Å². The molecule has 0 saturated carbocycles. The molecular weight excluding hydrogens is 348 g/mol. The molecular formula is C16H26N2O8. The fraction of sp³-hybridized carbons (Fsp3) is 0.688. The van der Waals surface area contributed by atoms with E-state index < -0.39 is 48.1 Å². The Hall–Kier alpha value is -2.65. The van der Waals surface area contributed by atoms with Crippen molar-refractivity contribution in [3.63, 3.8) is 0 Å². The maximum atomic E-state index is 12.1. The molecule has 0 fully saturated rings. The van der Waals surface area contributed by atoms with Gasteiger partial charge >= 0.3 is 17.9 Å². The molecule has 0 aromatic carbocycles. The highest BCUT2D eigenvalue weighted by molar-refractivity contribution is 5.93. The first-order valence-corrected chi connectivity index (χ1v) is 8.33. The van der Waals surface area contributed by atoms with Gasteiger partial charge in [-0.25, -0.2) is 0 Å². The quantitative estimate of drug-likeness (QED) is 0.340. The van der Waals surface area contributed by atoms with Gasteiger partial charge in [-0.2, -0.15) is 0 Å². The summed E-state index contributed by atoms with van der Waals surface area (Å²) in [4.78, 5) is 58.8.